The van der Waals surface area contributed by atoms with Crippen LogP contribution in [0.4, 0.5) is 35.1 Å². The van der Waals surface area contributed by atoms with Gasteiger partial charge < -0.3 is 14.2 Å². The first-order chi connectivity index (χ1) is 47.0. The fourth-order valence-electron chi connectivity index (χ4n) is 18.3. The Morgan fingerprint density at radius 3 is 1.63 bits per heavy atom. The lowest BCUT2D eigenvalue weighted by Crippen LogP contribution is -2.53. The molecule has 0 spiro atoms. The van der Waals surface area contributed by atoms with E-state index in [9.17, 15) is 45.1 Å². The second kappa shape index (κ2) is 28.4. The molecule has 8 fully saturated rings. The molecule has 3 aromatic carbocycles. The van der Waals surface area contributed by atoms with Crippen molar-refractivity contribution in [3.8, 4) is 33.4 Å². The van der Waals surface area contributed by atoms with E-state index < -0.39 is 53.3 Å². The fraction of sp³-hybridized carbons (Fsp3) is 0.450. The highest BCUT2D eigenvalue weighted by Crippen LogP contribution is 2.59. The van der Waals surface area contributed by atoms with Crippen molar-refractivity contribution in [2.45, 2.75) is 147 Å². The van der Waals surface area contributed by atoms with Crippen molar-refractivity contribution in [3.05, 3.63) is 191 Å². The Kier molecular flexibility index (Phi) is 19.9. The number of carbonyl (C=O) groups is 3. The lowest BCUT2D eigenvalue weighted by molar-refractivity contribution is -0.145. The van der Waals surface area contributed by atoms with Gasteiger partial charge in [0, 0.05) is 58.1 Å². The maximum atomic E-state index is 16.8. The van der Waals surface area contributed by atoms with E-state index in [2.05, 4.69) is 33.2 Å². The lowest BCUT2D eigenvalue weighted by Gasteiger charge is -2.49. The fourth-order valence-corrected chi connectivity index (χ4v) is 18.5. The Morgan fingerprint density at radius 1 is 0.520 bits per heavy atom. The van der Waals surface area contributed by atoms with Crippen LogP contribution in [0.1, 0.15) is 132 Å². The second-order valence-electron chi connectivity index (χ2n) is 28.5. The largest absolute Gasteiger partial charge is 0.462 e. The first-order valence-electron chi connectivity index (χ1n) is 34.7. The average Bonchev–Trinajstić information content (AvgIpc) is 1.50. The van der Waals surface area contributed by atoms with Crippen LogP contribution in [0.5, 0.6) is 0 Å². The highest BCUT2D eigenvalue weighted by molar-refractivity contribution is 6.30. The SMILES string of the molecule is C[C@H]1OC(=O)C2CC3=CCCCC3[C@H](/C=C/c3ccc(-c4cccc(C(F)(F)F)c4)cn3)C21.C[C@H]1OC(=O)C2CC3CCCCC3C(F)(/C=C/c3ccc(-c4cccc(C(F)(F)F)c4)cn3)C21.C[C@H]1OC(=O)[C@@H]2C[C@H]3[C@@H](CCC[C@H]3F)[C@H](/C=C/c3ccc(-c4cccc(Cl)c4)cn3)[C@H]12. The molecule has 9 nitrogen and oxygen atoms in total. The summed E-state index contributed by atoms with van der Waals surface area (Å²) in [6.07, 6.45) is 20.3. The van der Waals surface area contributed by atoms with E-state index in [4.69, 9.17) is 25.8 Å². The molecule has 0 N–H and O–H groups in total. The topological polar surface area (TPSA) is 118 Å². The van der Waals surface area contributed by atoms with E-state index in [1.54, 1.807) is 55.6 Å². The molecule has 6 aliphatic carbocycles. The van der Waals surface area contributed by atoms with Crippen LogP contribution in [0.25, 0.3) is 51.6 Å². The van der Waals surface area contributed by atoms with E-state index in [-0.39, 0.29) is 89.3 Å². The van der Waals surface area contributed by atoms with Gasteiger partial charge in [0.05, 0.1) is 46.0 Å². The van der Waals surface area contributed by atoms with Crippen LogP contribution in [0, 0.1) is 76.9 Å². The summed E-state index contributed by atoms with van der Waals surface area (Å²) in [7, 11) is 0. The molecule has 0 amide bonds. The van der Waals surface area contributed by atoms with Crippen molar-refractivity contribution in [2.24, 2.45) is 76.9 Å². The van der Waals surface area contributed by atoms with Crippen molar-refractivity contribution in [1.29, 1.82) is 0 Å². The number of hydrogen-bond donors (Lipinski definition) is 0. The third-order valence-corrected chi connectivity index (χ3v) is 23.1. The highest BCUT2D eigenvalue weighted by Gasteiger charge is 2.63. The molecule has 0 radical (unpaired) electrons. The van der Waals surface area contributed by atoms with Crippen molar-refractivity contribution >= 4 is 47.7 Å². The number of fused-ring (bicyclic) bond motifs is 6. The second-order valence-corrected chi connectivity index (χ2v) is 28.9. The van der Waals surface area contributed by atoms with Crippen molar-refractivity contribution in [1.82, 2.24) is 15.0 Å². The number of halogens is 9. The van der Waals surface area contributed by atoms with E-state index in [1.807, 2.05) is 74.7 Å². The van der Waals surface area contributed by atoms with Crippen LogP contribution in [0.3, 0.4) is 0 Å². The van der Waals surface area contributed by atoms with Gasteiger partial charge in [-0.3, -0.25) is 29.3 Å². The summed E-state index contributed by atoms with van der Waals surface area (Å²) in [5.41, 5.74) is 4.56. The Hall–Kier alpha value is -7.79. The molecule has 3 aliphatic heterocycles. The Balaban J connectivity index is 0.000000132. The minimum atomic E-state index is -4.42. The smallest absolute Gasteiger partial charge is 0.416 e. The molecule has 15 rings (SSSR count). The van der Waals surface area contributed by atoms with E-state index in [1.165, 1.54) is 23.9 Å². The minimum Gasteiger partial charge on any atom is -0.462 e. The molecule has 18 atom stereocenters. The van der Waals surface area contributed by atoms with Crippen molar-refractivity contribution in [3.63, 3.8) is 0 Å². The van der Waals surface area contributed by atoms with E-state index in [0.717, 1.165) is 111 Å². The first-order valence-corrected chi connectivity index (χ1v) is 35.0. The molecule has 0 bridgehead atoms. The van der Waals surface area contributed by atoms with E-state index in [0.29, 0.717) is 58.2 Å². The highest BCUT2D eigenvalue weighted by atomic mass is 35.5. The molecule has 3 aromatic heterocycles. The summed E-state index contributed by atoms with van der Waals surface area (Å²) >= 11 is 6.10. The van der Waals surface area contributed by atoms with Crippen LogP contribution in [-0.2, 0) is 40.9 Å². The Labute approximate surface area is 571 Å². The van der Waals surface area contributed by atoms with Crippen molar-refractivity contribution < 1.29 is 63.7 Å². The van der Waals surface area contributed by atoms with Gasteiger partial charge in [-0.15, -0.1) is 0 Å². The number of pyridine rings is 3. The van der Waals surface area contributed by atoms with Crippen LogP contribution >= 0.6 is 11.6 Å². The first kappa shape index (κ1) is 68.7. The maximum absolute atomic E-state index is 16.8. The number of alkyl halides is 8. The minimum absolute atomic E-state index is 0.0411. The predicted molar refractivity (Wildman–Crippen MR) is 360 cm³/mol. The number of benzene rings is 3. The maximum Gasteiger partial charge on any atom is 0.416 e. The zero-order valence-electron chi connectivity index (χ0n) is 54.9. The van der Waals surface area contributed by atoms with Crippen LogP contribution in [-0.4, -0.2) is 63.0 Å². The predicted octanol–water partition coefficient (Wildman–Crippen LogP) is 19.9. The van der Waals surface area contributed by atoms with Crippen LogP contribution < -0.4 is 0 Å². The summed E-state index contributed by atoms with van der Waals surface area (Å²) in [5, 5.41) is 0.698. The molecule has 6 aromatic rings. The number of nitrogens with zero attached hydrogens (tertiary/aromatic N) is 3. The van der Waals surface area contributed by atoms with Crippen LogP contribution in [0.15, 0.2) is 158 Å². The van der Waals surface area contributed by atoms with Gasteiger partial charge in [0.1, 0.15) is 30.2 Å². The molecule has 3 saturated heterocycles. The average molecular weight is 1370 g/mol. The molecular formula is C80H80ClF8N3O6. The number of esters is 3. The van der Waals surface area contributed by atoms with Crippen LogP contribution in [0.2, 0.25) is 5.02 Å². The number of carbonyl (C=O) groups excluding carboxylic acids is 3. The van der Waals surface area contributed by atoms with Crippen molar-refractivity contribution in [2.75, 3.05) is 0 Å². The third-order valence-electron chi connectivity index (χ3n) is 22.8. The number of rotatable bonds is 9. The Bertz CT molecular complexity index is 4010. The number of ether oxygens (including phenoxy) is 3. The number of cyclic esters (lactones) is 3. The molecule has 9 aliphatic rings. The molecule has 8 unspecified atom stereocenters. The normalized spacial score (nSPS) is 32.6. The summed E-state index contributed by atoms with van der Waals surface area (Å²) in [6, 6.07) is 29.1. The third kappa shape index (κ3) is 14.4. The van der Waals surface area contributed by atoms with E-state index >= 15 is 4.39 Å². The zero-order chi connectivity index (χ0) is 68.8. The van der Waals surface area contributed by atoms with Gasteiger partial charge in [0.2, 0.25) is 0 Å². The van der Waals surface area contributed by atoms with Gasteiger partial charge >= 0.3 is 30.3 Å². The number of aromatic nitrogens is 3. The lowest BCUT2D eigenvalue weighted by atomic mass is 9.56. The summed E-state index contributed by atoms with van der Waals surface area (Å²) in [5.74, 6) is -0.400. The molecule has 5 saturated carbocycles. The number of allylic oxidation sites excluding steroid dienone is 5. The molecule has 6 heterocycles. The standard InChI is InChI=1S/C27H27F4NO2.C27H26F3NO2.C26H27ClFNO2/c1-16-24-22(25(33)34-16)14-18-5-2-3-8-23(18)26(24,28)12-11-21-10-9-19(15-32-21)17-6-4-7-20(13-17)27(29,30)31;1-16-25-23(22-8-3-2-5-18(22)14-24(25)26(32)33-16)12-11-21-10-9-19(15-31-21)17-6-4-7-20(13-17)27(28,29)30;1-15-25-21(20-6-3-7-24(28)22(20)13-23(25)26(30)31-15)11-10-19-9-8-17(14-29-19)16-4-2-5-18(27)12-16/h4,6-7,9-13,15-16,18,22-24H,2-3,5,8,14H2,1H3;4-7,9-13,15-16,22-25H,2-3,8,14H2,1H3;2,4-5,8-12,14-15,20-25H,3,6-7,13H2,1H3/b2*12-11+;11-10+/t16-,18?,22?,23?,24?,26?;16-,22?,23+,24?,25?;15-,20+,21+,22+,23-,24-,25+/m111/s1. The number of hydrogen-bond acceptors (Lipinski definition) is 9. The van der Waals surface area contributed by atoms with Gasteiger partial charge in [-0.25, -0.2) is 8.78 Å². The van der Waals surface area contributed by atoms with Gasteiger partial charge in [-0.2, -0.15) is 26.3 Å². The van der Waals surface area contributed by atoms with Gasteiger partial charge in [0.15, 0.2) is 0 Å². The molecular weight excluding hydrogens is 1290 g/mol. The summed E-state index contributed by atoms with van der Waals surface area (Å²) in [6.45, 7) is 5.75. The monoisotopic (exact) mass is 1370 g/mol. The summed E-state index contributed by atoms with van der Waals surface area (Å²) in [4.78, 5) is 50.7. The quantitative estimate of drug-likeness (QED) is 0.0603. The molecule has 98 heavy (non-hydrogen) atoms. The molecule has 514 valence electrons. The van der Waals surface area contributed by atoms with Gasteiger partial charge in [-0.1, -0.05) is 116 Å². The Morgan fingerprint density at radius 2 is 1.05 bits per heavy atom. The zero-order valence-corrected chi connectivity index (χ0v) is 55.6. The van der Waals surface area contributed by atoms with Gasteiger partial charge in [-0.05, 0) is 216 Å². The molecule has 18 heteroatoms. The summed E-state index contributed by atoms with van der Waals surface area (Å²) < 4.78 is 126. The van der Waals surface area contributed by atoms with Gasteiger partial charge in [0.25, 0.3) is 0 Å².